The Morgan fingerprint density at radius 3 is 2.76 bits per heavy atom. The van der Waals surface area contributed by atoms with Crippen LogP contribution in [0.25, 0.3) is 27.2 Å². The summed E-state index contributed by atoms with van der Waals surface area (Å²) in [6.07, 6.45) is 5.52. The molecule has 1 aliphatic rings. The average molecular weight is 458 g/mol. The molecular formula is C25H23N5O2S. The number of aromatic nitrogens is 2. The van der Waals surface area contributed by atoms with Crippen LogP contribution in [0.15, 0.2) is 78.0 Å². The monoisotopic (exact) mass is 457 g/mol. The number of hydrogen-bond donors (Lipinski definition) is 2. The second-order valence-electron chi connectivity index (χ2n) is 7.97. The van der Waals surface area contributed by atoms with Crippen molar-refractivity contribution in [1.82, 2.24) is 25.1 Å². The van der Waals surface area contributed by atoms with Gasteiger partial charge in [-0.2, -0.15) is 0 Å². The van der Waals surface area contributed by atoms with Crippen molar-refractivity contribution in [3.05, 3.63) is 100 Å². The van der Waals surface area contributed by atoms with Gasteiger partial charge in [0.2, 0.25) is 0 Å². The van der Waals surface area contributed by atoms with Crippen molar-refractivity contribution in [3.63, 3.8) is 0 Å². The minimum atomic E-state index is -1.29. The van der Waals surface area contributed by atoms with Crippen LogP contribution in [0.4, 0.5) is 0 Å². The SMILES string of the molecule is CN1C=C(c2cnc3ccc4ccc(CS(=O)NCc5ccccn5)cc4c(=O)c3c2)CN1. The van der Waals surface area contributed by atoms with E-state index < -0.39 is 11.0 Å². The van der Waals surface area contributed by atoms with Gasteiger partial charge in [-0.3, -0.25) is 14.8 Å². The molecule has 0 spiro atoms. The fourth-order valence-corrected chi connectivity index (χ4v) is 4.78. The molecule has 0 fully saturated rings. The number of hydrazine groups is 1. The fourth-order valence-electron chi connectivity index (χ4n) is 3.89. The van der Waals surface area contributed by atoms with E-state index in [1.54, 1.807) is 12.4 Å². The van der Waals surface area contributed by atoms with Crippen LogP contribution >= 0.6 is 0 Å². The van der Waals surface area contributed by atoms with Crippen LogP contribution in [0.5, 0.6) is 0 Å². The van der Waals surface area contributed by atoms with Crippen molar-refractivity contribution < 1.29 is 4.21 Å². The lowest BCUT2D eigenvalue weighted by Crippen LogP contribution is -2.23. The maximum Gasteiger partial charge on any atom is 0.195 e. The van der Waals surface area contributed by atoms with E-state index >= 15 is 0 Å². The number of nitrogens with one attached hydrogen (secondary N) is 2. The molecular weight excluding hydrogens is 434 g/mol. The molecule has 2 N–H and O–H groups in total. The largest absolute Gasteiger partial charge is 0.318 e. The summed E-state index contributed by atoms with van der Waals surface area (Å²) in [6.45, 7) is 1.11. The van der Waals surface area contributed by atoms with Gasteiger partial charge in [0, 0.05) is 43.0 Å². The summed E-state index contributed by atoms with van der Waals surface area (Å²) in [5.41, 5.74) is 7.45. The van der Waals surface area contributed by atoms with Crippen molar-refractivity contribution in [1.29, 1.82) is 0 Å². The Morgan fingerprint density at radius 1 is 1.09 bits per heavy atom. The molecule has 1 unspecified atom stereocenters. The summed E-state index contributed by atoms with van der Waals surface area (Å²) < 4.78 is 15.6. The summed E-state index contributed by atoms with van der Waals surface area (Å²) in [6, 6.07) is 17.0. The third-order valence-electron chi connectivity index (χ3n) is 5.62. The van der Waals surface area contributed by atoms with Crippen molar-refractivity contribution in [3.8, 4) is 0 Å². The molecule has 7 nitrogen and oxygen atoms in total. The van der Waals surface area contributed by atoms with Gasteiger partial charge in [0.1, 0.15) is 0 Å². The first-order chi connectivity index (χ1) is 16.1. The molecule has 0 saturated heterocycles. The van der Waals surface area contributed by atoms with Crippen molar-refractivity contribution in [2.24, 2.45) is 0 Å². The van der Waals surface area contributed by atoms with Crippen LogP contribution in [-0.2, 0) is 23.3 Å². The van der Waals surface area contributed by atoms with Gasteiger partial charge in [-0.05, 0) is 52.4 Å². The number of benzene rings is 1. The van der Waals surface area contributed by atoms with Crippen LogP contribution in [0.1, 0.15) is 16.8 Å². The van der Waals surface area contributed by atoms with Crippen LogP contribution in [0, 0.1) is 0 Å². The lowest BCUT2D eigenvalue weighted by molar-refractivity contribution is 0.374. The Kier molecular flexibility index (Phi) is 5.95. The van der Waals surface area contributed by atoms with Gasteiger partial charge in [0.05, 0.1) is 34.5 Å². The van der Waals surface area contributed by atoms with Crippen LogP contribution in [-0.4, -0.2) is 32.8 Å². The zero-order chi connectivity index (χ0) is 22.8. The minimum Gasteiger partial charge on any atom is -0.318 e. The predicted molar refractivity (Wildman–Crippen MR) is 132 cm³/mol. The molecule has 2 aromatic heterocycles. The summed E-state index contributed by atoms with van der Waals surface area (Å²) in [5, 5.41) is 3.90. The highest BCUT2D eigenvalue weighted by molar-refractivity contribution is 7.82. The molecule has 4 aromatic rings. The third-order valence-corrected chi connectivity index (χ3v) is 6.69. The van der Waals surface area contributed by atoms with E-state index in [9.17, 15) is 9.00 Å². The lowest BCUT2D eigenvalue weighted by Gasteiger charge is -2.05. The molecule has 33 heavy (non-hydrogen) atoms. The maximum atomic E-state index is 13.5. The Labute approximate surface area is 193 Å². The zero-order valence-electron chi connectivity index (χ0n) is 18.1. The molecule has 3 heterocycles. The number of fused-ring (bicyclic) bond motifs is 2. The Bertz CT molecular complexity index is 1460. The van der Waals surface area contributed by atoms with E-state index in [2.05, 4.69) is 20.1 Å². The van der Waals surface area contributed by atoms with E-state index in [-0.39, 0.29) is 5.43 Å². The van der Waals surface area contributed by atoms with E-state index in [1.165, 1.54) is 0 Å². The smallest absolute Gasteiger partial charge is 0.195 e. The first-order valence-electron chi connectivity index (χ1n) is 10.6. The first kappa shape index (κ1) is 21.4. The number of rotatable bonds is 6. The Hall–Kier alpha value is -3.46. The standard InChI is InChI=1S/C25H23N5O2S/c1-30-15-20(13-28-30)19-11-23-24(27-12-19)8-7-18-6-5-17(10-22(18)25(23)31)16-33(32)29-14-21-4-2-3-9-26-21/h2-12,15,28-29H,13-14,16H2,1H3. The number of pyridine rings is 2. The van der Waals surface area contributed by atoms with E-state index in [1.807, 2.05) is 72.9 Å². The summed E-state index contributed by atoms with van der Waals surface area (Å²) in [4.78, 5) is 22.3. The summed E-state index contributed by atoms with van der Waals surface area (Å²) >= 11 is 0. The lowest BCUT2D eigenvalue weighted by atomic mass is 10.1. The highest BCUT2D eigenvalue weighted by Crippen LogP contribution is 2.22. The summed E-state index contributed by atoms with van der Waals surface area (Å²) in [7, 11) is 0.643. The molecule has 0 aliphatic carbocycles. The molecule has 0 bridgehead atoms. The maximum absolute atomic E-state index is 13.5. The molecule has 1 atom stereocenters. The van der Waals surface area contributed by atoms with E-state index in [0.29, 0.717) is 35.1 Å². The normalized spacial score (nSPS) is 14.6. The van der Waals surface area contributed by atoms with E-state index in [0.717, 1.165) is 27.8 Å². The molecule has 166 valence electrons. The van der Waals surface area contributed by atoms with Crippen molar-refractivity contribution in [2.45, 2.75) is 12.3 Å². The molecule has 0 saturated carbocycles. The molecule has 0 amide bonds. The van der Waals surface area contributed by atoms with Gasteiger partial charge in [-0.1, -0.05) is 24.3 Å². The summed E-state index contributed by atoms with van der Waals surface area (Å²) in [5.74, 6) is 0.299. The number of nitrogens with zero attached hydrogens (tertiary/aromatic N) is 3. The topological polar surface area (TPSA) is 87.2 Å². The minimum absolute atomic E-state index is 0.0756. The second-order valence-corrected chi connectivity index (χ2v) is 9.24. The predicted octanol–water partition coefficient (Wildman–Crippen LogP) is 2.89. The highest BCUT2D eigenvalue weighted by atomic mass is 32.2. The van der Waals surface area contributed by atoms with Gasteiger partial charge in [0.15, 0.2) is 5.43 Å². The van der Waals surface area contributed by atoms with Gasteiger partial charge in [0.25, 0.3) is 0 Å². The zero-order valence-corrected chi connectivity index (χ0v) is 18.9. The highest BCUT2D eigenvalue weighted by Gasteiger charge is 2.13. The third kappa shape index (κ3) is 4.68. The van der Waals surface area contributed by atoms with Crippen LogP contribution in [0.2, 0.25) is 0 Å². The Balaban J connectivity index is 1.46. The van der Waals surface area contributed by atoms with Crippen LogP contribution < -0.4 is 15.6 Å². The van der Waals surface area contributed by atoms with Gasteiger partial charge < -0.3 is 5.01 Å². The quantitative estimate of drug-likeness (QED) is 0.463. The van der Waals surface area contributed by atoms with Gasteiger partial charge >= 0.3 is 0 Å². The first-order valence-corrected chi connectivity index (χ1v) is 11.9. The fraction of sp³-hybridized carbons (Fsp3) is 0.160. The molecule has 5 rings (SSSR count). The van der Waals surface area contributed by atoms with E-state index in [4.69, 9.17) is 0 Å². The van der Waals surface area contributed by atoms with Gasteiger partial charge in [-0.25, -0.2) is 14.4 Å². The Morgan fingerprint density at radius 2 is 1.97 bits per heavy atom. The average Bonchev–Trinajstić information content (AvgIpc) is 3.22. The van der Waals surface area contributed by atoms with Crippen LogP contribution in [0.3, 0.4) is 0 Å². The second kappa shape index (κ2) is 9.19. The molecule has 1 aliphatic heterocycles. The van der Waals surface area contributed by atoms with Crippen molar-refractivity contribution in [2.75, 3.05) is 13.6 Å². The molecule has 0 radical (unpaired) electrons. The van der Waals surface area contributed by atoms with Crippen molar-refractivity contribution >= 4 is 38.2 Å². The van der Waals surface area contributed by atoms with Gasteiger partial charge in [-0.15, -0.1) is 0 Å². The molecule has 2 aromatic carbocycles. The number of hydrogen-bond acceptors (Lipinski definition) is 6. The molecule has 8 heteroatoms.